The summed E-state index contributed by atoms with van der Waals surface area (Å²) in [6.07, 6.45) is 2.67. The van der Waals surface area contributed by atoms with Crippen LogP contribution in [-0.2, 0) is 14.8 Å². The highest BCUT2D eigenvalue weighted by molar-refractivity contribution is 7.89. The van der Waals surface area contributed by atoms with Gasteiger partial charge in [0.25, 0.3) is 0 Å². The molecule has 0 aliphatic carbocycles. The summed E-state index contributed by atoms with van der Waals surface area (Å²) in [5, 5.41) is -0.326. The molecule has 0 spiro atoms. The first-order valence-corrected chi connectivity index (χ1v) is 7.27. The summed E-state index contributed by atoms with van der Waals surface area (Å²) < 4.78 is 31.2. The van der Waals surface area contributed by atoms with E-state index in [0.717, 1.165) is 0 Å². The van der Waals surface area contributed by atoms with E-state index in [9.17, 15) is 8.42 Å². The first-order valence-electron chi connectivity index (χ1n) is 5.77. The number of ether oxygens (including phenoxy) is 1. The maximum atomic E-state index is 12.2. The van der Waals surface area contributed by atoms with E-state index in [-0.39, 0.29) is 5.25 Å². The van der Waals surface area contributed by atoms with Crippen LogP contribution in [-0.4, -0.2) is 44.3 Å². The van der Waals surface area contributed by atoms with Crippen molar-refractivity contribution in [2.24, 2.45) is 5.92 Å². The van der Waals surface area contributed by atoms with Crippen molar-refractivity contribution in [2.45, 2.75) is 25.5 Å². The van der Waals surface area contributed by atoms with Gasteiger partial charge in [-0.3, -0.25) is 0 Å². The van der Waals surface area contributed by atoms with E-state index in [4.69, 9.17) is 4.74 Å². The molecule has 16 heavy (non-hydrogen) atoms. The van der Waals surface area contributed by atoms with Crippen LogP contribution in [0.15, 0.2) is 11.6 Å². The third kappa shape index (κ3) is 2.17. The summed E-state index contributed by atoms with van der Waals surface area (Å²) >= 11 is 0. The number of hydrogen-bond acceptors (Lipinski definition) is 3. The normalized spacial score (nSPS) is 27.7. The monoisotopic (exact) mass is 245 g/mol. The van der Waals surface area contributed by atoms with Crippen molar-refractivity contribution < 1.29 is 13.2 Å². The first kappa shape index (κ1) is 12.1. The molecule has 1 atom stereocenters. The SMILES string of the molecule is CC(C)C1=CCN(S(=O)(=O)C2CCOC2)C1. The van der Waals surface area contributed by atoms with E-state index in [1.54, 1.807) is 4.31 Å². The van der Waals surface area contributed by atoms with Gasteiger partial charge in [-0.15, -0.1) is 0 Å². The second-order valence-corrected chi connectivity index (χ2v) is 6.97. The summed E-state index contributed by atoms with van der Waals surface area (Å²) in [5.74, 6) is 0.431. The number of sulfonamides is 1. The lowest BCUT2D eigenvalue weighted by molar-refractivity contribution is 0.198. The summed E-state index contributed by atoms with van der Waals surface area (Å²) in [4.78, 5) is 0. The second kappa shape index (κ2) is 4.47. The van der Waals surface area contributed by atoms with Crippen molar-refractivity contribution in [3.63, 3.8) is 0 Å². The fraction of sp³-hybridized carbons (Fsp3) is 0.818. The molecule has 1 unspecified atom stereocenters. The zero-order chi connectivity index (χ0) is 11.8. The Bertz CT molecular complexity index is 380. The van der Waals surface area contributed by atoms with E-state index in [2.05, 4.69) is 13.8 Å². The summed E-state index contributed by atoms with van der Waals surface area (Å²) in [5.41, 5.74) is 1.22. The van der Waals surface area contributed by atoms with Crippen LogP contribution in [0.4, 0.5) is 0 Å². The minimum absolute atomic E-state index is 0.326. The average Bonchev–Trinajstić information content (AvgIpc) is 2.90. The van der Waals surface area contributed by atoms with Crippen LogP contribution in [0.3, 0.4) is 0 Å². The number of hydrogen-bond donors (Lipinski definition) is 0. The van der Waals surface area contributed by atoms with Gasteiger partial charge in [0.2, 0.25) is 10.0 Å². The van der Waals surface area contributed by atoms with Gasteiger partial charge in [0.15, 0.2) is 0 Å². The summed E-state index contributed by atoms with van der Waals surface area (Å²) in [6.45, 7) is 6.22. The van der Waals surface area contributed by atoms with Crippen LogP contribution in [0, 0.1) is 5.92 Å². The Hall–Kier alpha value is -0.390. The number of rotatable bonds is 3. The van der Waals surface area contributed by atoms with Crippen LogP contribution in [0.5, 0.6) is 0 Å². The molecule has 0 aromatic rings. The molecule has 1 fully saturated rings. The molecule has 5 heteroatoms. The van der Waals surface area contributed by atoms with E-state index in [1.165, 1.54) is 5.57 Å². The molecule has 0 amide bonds. The summed E-state index contributed by atoms with van der Waals surface area (Å²) in [7, 11) is -3.15. The van der Waals surface area contributed by atoms with Gasteiger partial charge in [0.05, 0.1) is 6.61 Å². The van der Waals surface area contributed by atoms with Crippen LogP contribution < -0.4 is 0 Å². The quantitative estimate of drug-likeness (QED) is 0.697. The molecule has 2 rings (SSSR count). The Morgan fingerprint density at radius 2 is 2.25 bits per heavy atom. The largest absolute Gasteiger partial charge is 0.380 e. The van der Waals surface area contributed by atoms with Crippen molar-refractivity contribution in [3.05, 3.63) is 11.6 Å². The van der Waals surface area contributed by atoms with Crippen molar-refractivity contribution in [3.8, 4) is 0 Å². The predicted octanol–water partition coefficient (Wildman–Crippen LogP) is 1.00. The van der Waals surface area contributed by atoms with Gasteiger partial charge in [-0.1, -0.05) is 25.5 Å². The van der Waals surface area contributed by atoms with Crippen LogP contribution in [0.1, 0.15) is 20.3 Å². The molecular weight excluding hydrogens is 226 g/mol. The minimum Gasteiger partial charge on any atom is -0.380 e. The van der Waals surface area contributed by atoms with Crippen LogP contribution >= 0.6 is 0 Å². The molecular formula is C11H19NO3S. The Labute approximate surface area is 97.3 Å². The van der Waals surface area contributed by atoms with E-state index >= 15 is 0 Å². The Morgan fingerprint density at radius 1 is 1.50 bits per heavy atom. The molecule has 0 aromatic heterocycles. The highest BCUT2D eigenvalue weighted by Crippen LogP contribution is 2.24. The molecule has 4 nitrogen and oxygen atoms in total. The van der Waals surface area contributed by atoms with Gasteiger partial charge in [-0.2, -0.15) is 4.31 Å². The Kier molecular flexibility index (Phi) is 3.37. The van der Waals surface area contributed by atoms with E-state index < -0.39 is 10.0 Å². The minimum atomic E-state index is -3.15. The van der Waals surface area contributed by atoms with Gasteiger partial charge in [0, 0.05) is 19.7 Å². The third-order valence-electron chi connectivity index (χ3n) is 3.33. The standard InChI is InChI=1S/C11H19NO3S/c1-9(2)10-3-5-12(7-10)16(13,14)11-4-6-15-8-11/h3,9,11H,4-8H2,1-2H3. The van der Waals surface area contributed by atoms with Crippen LogP contribution in [0.2, 0.25) is 0 Å². The van der Waals surface area contributed by atoms with E-state index in [1.807, 2.05) is 6.08 Å². The van der Waals surface area contributed by atoms with Crippen LogP contribution in [0.25, 0.3) is 0 Å². The first-order chi connectivity index (χ1) is 7.51. The van der Waals surface area contributed by atoms with Crippen molar-refractivity contribution in [1.29, 1.82) is 0 Å². The molecule has 0 N–H and O–H groups in total. The number of nitrogens with zero attached hydrogens (tertiary/aromatic N) is 1. The Morgan fingerprint density at radius 3 is 2.75 bits per heavy atom. The maximum Gasteiger partial charge on any atom is 0.219 e. The highest BCUT2D eigenvalue weighted by atomic mass is 32.2. The van der Waals surface area contributed by atoms with Gasteiger partial charge < -0.3 is 4.74 Å². The molecule has 92 valence electrons. The third-order valence-corrected chi connectivity index (χ3v) is 5.54. The average molecular weight is 245 g/mol. The molecule has 2 aliphatic heterocycles. The molecule has 2 heterocycles. The molecule has 0 saturated carbocycles. The Balaban J connectivity index is 2.05. The second-order valence-electron chi connectivity index (χ2n) is 4.76. The zero-order valence-electron chi connectivity index (χ0n) is 9.85. The predicted molar refractivity (Wildman–Crippen MR) is 62.6 cm³/mol. The lowest BCUT2D eigenvalue weighted by Gasteiger charge is -2.20. The van der Waals surface area contributed by atoms with Crippen molar-refractivity contribution >= 4 is 10.0 Å². The van der Waals surface area contributed by atoms with Crippen molar-refractivity contribution in [1.82, 2.24) is 4.31 Å². The smallest absolute Gasteiger partial charge is 0.219 e. The highest BCUT2D eigenvalue weighted by Gasteiger charge is 2.36. The molecule has 0 aromatic carbocycles. The van der Waals surface area contributed by atoms with E-state index in [0.29, 0.717) is 38.6 Å². The lowest BCUT2D eigenvalue weighted by Crippen LogP contribution is -2.38. The topological polar surface area (TPSA) is 46.6 Å². The molecule has 2 aliphatic rings. The fourth-order valence-electron chi connectivity index (χ4n) is 2.12. The van der Waals surface area contributed by atoms with Gasteiger partial charge in [0.1, 0.15) is 5.25 Å². The summed E-state index contributed by atoms with van der Waals surface area (Å²) in [6, 6.07) is 0. The molecule has 0 bridgehead atoms. The fourth-order valence-corrected chi connectivity index (χ4v) is 3.82. The molecule has 1 saturated heterocycles. The van der Waals surface area contributed by atoms with Crippen molar-refractivity contribution in [2.75, 3.05) is 26.3 Å². The van der Waals surface area contributed by atoms with Gasteiger partial charge in [-0.05, 0) is 12.3 Å². The zero-order valence-corrected chi connectivity index (χ0v) is 10.7. The molecule has 0 radical (unpaired) electrons. The van der Waals surface area contributed by atoms with Gasteiger partial charge >= 0.3 is 0 Å². The lowest BCUT2D eigenvalue weighted by atomic mass is 10.1. The van der Waals surface area contributed by atoms with Gasteiger partial charge in [-0.25, -0.2) is 8.42 Å². The maximum absolute atomic E-state index is 12.2.